The van der Waals surface area contributed by atoms with Crippen LogP contribution in [0.25, 0.3) is 11.4 Å². The van der Waals surface area contributed by atoms with Crippen molar-refractivity contribution in [3.05, 3.63) is 60.7 Å². The summed E-state index contributed by atoms with van der Waals surface area (Å²) in [6.45, 7) is 7.06. The molecule has 0 spiro atoms. The summed E-state index contributed by atoms with van der Waals surface area (Å²) in [7, 11) is 0. The van der Waals surface area contributed by atoms with E-state index in [2.05, 4.69) is 10.4 Å². The highest BCUT2D eigenvalue weighted by Gasteiger charge is 2.28. The predicted molar refractivity (Wildman–Crippen MR) is 123 cm³/mol. The van der Waals surface area contributed by atoms with E-state index in [9.17, 15) is 4.79 Å². The van der Waals surface area contributed by atoms with Gasteiger partial charge in [0.1, 0.15) is 5.60 Å². The second-order valence-electron chi connectivity index (χ2n) is 9.09. The molecule has 0 aliphatic carbocycles. The van der Waals surface area contributed by atoms with E-state index in [0.717, 1.165) is 36.3 Å². The van der Waals surface area contributed by atoms with Crippen LogP contribution in [0.4, 0.5) is 10.5 Å². The van der Waals surface area contributed by atoms with Gasteiger partial charge in [-0.1, -0.05) is 18.2 Å². The number of hydrogen-bond donors (Lipinski definition) is 1. The lowest BCUT2D eigenvalue weighted by molar-refractivity contribution is 0.0183. The molecule has 8 heteroatoms. The van der Waals surface area contributed by atoms with Crippen molar-refractivity contribution in [3.8, 4) is 11.4 Å². The van der Waals surface area contributed by atoms with Crippen LogP contribution in [0.1, 0.15) is 39.4 Å². The monoisotopic (exact) mass is 434 g/mol. The van der Waals surface area contributed by atoms with Crippen molar-refractivity contribution >= 4 is 11.8 Å². The zero-order valence-electron chi connectivity index (χ0n) is 18.9. The Kier molecular flexibility index (Phi) is 6.39. The van der Waals surface area contributed by atoms with Gasteiger partial charge in [0.25, 0.3) is 0 Å². The first-order valence-corrected chi connectivity index (χ1v) is 11.0. The van der Waals surface area contributed by atoms with Crippen LogP contribution in [0.3, 0.4) is 0 Å². The van der Waals surface area contributed by atoms with Crippen molar-refractivity contribution in [2.24, 2.45) is 5.92 Å². The molecule has 1 aromatic carbocycles. The molecule has 1 fully saturated rings. The Balaban J connectivity index is 1.47. The lowest BCUT2D eigenvalue weighted by atomic mass is 9.93. The smallest absolute Gasteiger partial charge is 0.410 e. The van der Waals surface area contributed by atoms with Crippen LogP contribution in [0.2, 0.25) is 0 Å². The summed E-state index contributed by atoms with van der Waals surface area (Å²) < 4.78 is 5.51. The fourth-order valence-corrected chi connectivity index (χ4v) is 3.73. The van der Waals surface area contributed by atoms with Gasteiger partial charge in [-0.15, -0.1) is 5.10 Å². The van der Waals surface area contributed by atoms with Crippen LogP contribution < -0.4 is 5.43 Å². The van der Waals surface area contributed by atoms with Crippen LogP contribution in [-0.2, 0) is 11.2 Å². The first-order valence-electron chi connectivity index (χ1n) is 11.0. The molecule has 1 amide bonds. The summed E-state index contributed by atoms with van der Waals surface area (Å²) in [4.78, 5) is 24.8. The number of carbonyl (C=O) groups excluding carboxylic acids is 1. The number of rotatable bonds is 5. The molecule has 0 radical (unpaired) electrons. The average Bonchev–Trinajstić information content (AvgIpc) is 3.16. The number of nitrogens with one attached hydrogen (secondary N) is 1. The molecule has 1 saturated heterocycles. The number of nitrogens with zero attached hydrogens (tertiary/aromatic N) is 5. The highest BCUT2D eigenvalue weighted by molar-refractivity contribution is 5.68. The highest BCUT2D eigenvalue weighted by Crippen LogP contribution is 2.24. The van der Waals surface area contributed by atoms with E-state index in [0.29, 0.717) is 24.8 Å². The maximum Gasteiger partial charge on any atom is 0.410 e. The molecule has 0 bridgehead atoms. The van der Waals surface area contributed by atoms with E-state index in [4.69, 9.17) is 14.8 Å². The van der Waals surface area contributed by atoms with Gasteiger partial charge in [0.05, 0.1) is 5.69 Å². The molecule has 32 heavy (non-hydrogen) atoms. The van der Waals surface area contributed by atoms with Crippen LogP contribution in [-0.4, -0.2) is 49.5 Å². The molecule has 168 valence electrons. The molecule has 3 heterocycles. The molecule has 0 saturated carbocycles. The summed E-state index contributed by atoms with van der Waals surface area (Å²) in [5, 5.41) is 4.71. The highest BCUT2D eigenvalue weighted by atomic mass is 16.6. The Bertz CT molecular complexity index is 1020. The van der Waals surface area contributed by atoms with Crippen molar-refractivity contribution < 1.29 is 9.53 Å². The Morgan fingerprint density at radius 2 is 1.78 bits per heavy atom. The number of piperidine rings is 1. The number of hydrogen-bond acceptors (Lipinski definition) is 6. The van der Waals surface area contributed by atoms with Crippen molar-refractivity contribution in [3.63, 3.8) is 0 Å². The molecule has 0 atom stereocenters. The van der Waals surface area contributed by atoms with Crippen LogP contribution in [0.15, 0.2) is 54.9 Å². The third-order valence-electron chi connectivity index (χ3n) is 5.36. The first kappa shape index (κ1) is 21.8. The van der Waals surface area contributed by atoms with Gasteiger partial charge in [0, 0.05) is 37.5 Å². The van der Waals surface area contributed by atoms with Crippen molar-refractivity contribution in [2.75, 3.05) is 18.5 Å². The number of pyridine rings is 1. The minimum atomic E-state index is -0.475. The SMILES string of the molecule is CC(C)(C)OC(=O)N1CCC(Cc2nc(-c3ccncc3)nn2Nc2ccccc2)CC1. The van der Waals surface area contributed by atoms with E-state index < -0.39 is 5.60 Å². The molecule has 0 unspecified atom stereocenters. The Hall–Kier alpha value is -3.42. The zero-order chi connectivity index (χ0) is 22.6. The summed E-state index contributed by atoms with van der Waals surface area (Å²) in [5.74, 6) is 1.95. The molecule has 8 nitrogen and oxygen atoms in total. The van der Waals surface area contributed by atoms with Gasteiger partial charge in [-0.2, -0.15) is 4.79 Å². The van der Waals surface area contributed by atoms with Crippen molar-refractivity contribution in [1.82, 2.24) is 24.8 Å². The van der Waals surface area contributed by atoms with Crippen molar-refractivity contribution in [2.45, 2.75) is 45.6 Å². The second-order valence-corrected chi connectivity index (χ2v) is 9.09. The third kappa shape index (κ3) is 5.63. The van der Waals surface area contributed by atoms with Crippen LogP contribution in [0.5, 0.6) is 0 Å². The summed E-state index contributed by atoms with van der Waals surface area (Å²) >= 11 is 0. The van der Waals surface area contributed by atoms with Gasteiger partial charge in [-0.05, 0) is 63.8 Å². The third-order valence-corrected chi connectivity index (χ3v) is 5.36. The minimum absolute atomic E-state index is 0.232. The Morgan fingerprint density at radius 1 is 1.09 bits per heavy atom. The van der Waals surface area contributed by atoms with E-state index in [1.165, 1.54) is 0 Å². The zero-order valence-corrected chi connectivity index (χ0v) is 18.9. The lowest BCUT2D eigenvalue weighted by Crippen LogP contribution is -2.42. The maximum atomic E-state index is 12.4. The van der Waals surface area contributed by atoms with E-state index in [1.807, 2.05) is 63.2 Å². The molecule has 1 N–H and O–H groups in total. The molecular weight excluding hydrogens is 404 g/mol. The van der Waals surface area contributed by atoms with Gasteiger partial charge in [-0.25, -0.2) is 9.78 Å². The lowest BCUT2D eigenvalue weighted by Gasteiger charge is -2.33. The molecular formula is C24H30N6O2. The fourth-order valence-electron chi connectivity index (χ4n) is 3.73. The maximum absolute atomic E-state index is 12.4. The minimum Gasteiger partial charge on any atom is -0.444 e. The van der Waals surface area contributed by atoms with E-state index in [1.54, 1.807) is 22.1 Å². The predicted octanol–water partition coefficient (Wildman–Crippen LogP) is 4.40. The van der Waals surface area contributed by atoms with Gasteiger partial charge >= 0.3 is 6.09 Å². The Labute approximate surface area is 188 Å². The van der Waals surface area contributed by atoms with Crippen molar-refractivity contribution in [1.29, 1.82) is 0 Å². The summed E-state index contributed by atoms with van der Waals surface area (Å²) in [5.41, 5.74) is 4.74. The average molecular weight is 435 g/mol. The first-order chi connectivity index (χ1) is 15.4. The number of para-hydroxylation sites is 1. The molecule has 1 aliphatic heterocycles. The number of ether oxygens (including phenoxy) is 1. The number of anilines is 1. The van der Waals surface area contributed by atoms with Gasteiger partial charge in [-0.3, -0.25) is 10.4 Å². The standard InChI is InChI=1S/C24H30N6O2/c1-24(2,3)32-23(31)29-15-11-18(12-16-29)17-21-26-22(19-9-13-25-14-10-19)28-30(21)27-20-7-5-4-6-8-20/h4-10,13-14,18,27H,11-12,15-17H2,1-3H3. The molecule has 4 rings (SSSR count). The summed E-state index contributed by atoms with van der Waals surface area (Å²) in [6, 6.07) is 13.8. The van der Waals surface area contributed by atoms with Gasteiger partial charge in [0.15, 0.2) is 11.6 Å². The van der Waals surface area contributed by atoms with E-state index >= 15 is 0 Å². The second kappa shape index (κ2) is 9.38. The quantitative estimate of drug-likeness (QED) is 0.640. The number of carbonyl (C=O) groups is 1. The van der Waals surface area contributed by atoms with E-state index in [-0.39, 0.29) is 6.09 Å². The molecule has 2 aromatic heterocycles. The Morgan fingerprint density at radius 3 is 2.44 bits per heavy atom. The molecule has 3 aromatic rings. The largest absolute Gasteiger partial charge is 0.444 e. The van der Waals surface area contributed by atoms with Crippen LogP contribution >= 0.6 is 0 Å². The topological polar surface area (TPSA) is 85.2 Å². The number of likely N-dealkylation sites (tertiary alicyclic amines) is 1. The molecule has 1 aliphatic rings. The number of benzene rings is 1. The van der Waals surface area contributed by atoms with Gasteiger partial charge in [0.2, 0.25) is 0 Å². The van der Waals surface area contributed by atoms with Gasteiger partial charge < -0.3 is 9.64 Å². The normalized spacial score (nSPS) is 14.9. The fraction of sp³-hybridized carbons (Fsp3) is 0.417. The number of amides is 1. The summed E-state index contributed by atoms with van der Waals surface area (Å²) in [6.07, 6.45) is 5.84. The van der Waals surface area contributed by atoms with Crippen LogP contribution in [0, 0.1) is 5.92 Å². The number of aromatic nitrogens is 4.